The Labute approximate surface area is 152 Å². The second kappa shape index (κ2) is 8.67. The third-order valence-electron chi connectivity index (χ3n) is 3.27. The van der Waals surface area contributed by atoms with Gasteiger partial charge < -0.3 is 10.1 Å². The van der Waals surface area contributed by atoms with Crippen LogP contribution in [0.1, 0.15) is 16.7 Å². The van der Waals surface area contributed by atoms with E-state index in [2.05, 4.69) is 5.32 Å². The number of nitrogens with one attached hydrogen (secondary N) is 1. The highest BCUT2D eigenvalue weighted by Crippen LogP contribution is 2.29. The molecular weight excluding hydrogens is 361 g/mol. The maximum absolute atomic E-state index is 12.6. The van der Waals surface area contributed by atoms with Crippen LogP contribution in [0.15, 0.2) is 54.6 Å². The largest absolute Gasteiger partial charge is 0.452 e. The molecule has 0 fully saturated rings. The van der Waals surface area contributed by atoms with Crippen LogP contribution < -0.4 is 5.32 Å². The molecule has 0 radical (unpaired) electrons. The molecule has 0 atom stereocenters. The minimum atomic E-state index is -4.48. The summed E-state index contributed by atoms with van der Waals surface area (Å²) in [6.45, 7) is -0.564. The van der Waals surface area contributed by atoms with Gasteiger partial charge in [0.25, 0.3) is 5.91 Å². The number of benzene rings is 2. The van der Waals surface area contributed by atoms with Crippen molar-refractivity contribution >= 4 is 23.6 Å². The normalized spacial score (nSPS) is 11.0. The predicted molar refractivity (Wildman–Crippen MR) is 91.2 cm³/mol. The molecule has 0 aromatic heterocycles. The quantitative estimate of drug-likeness (QED) is 0.638. The molecule has 0 spiro atoms. The molecule has 1 amide bonds. The van der Waals surface area contributed by atoms with Gasteiger partial charge in [0.2, 0.25) is 0 Å². The van der Waals surface area contributed by atoms with Gasteiger partial charge in [0.05, 0.1) is 17.2 Å². The average molecular weight is 374 g/mol. The van der Waals surface area contributed by atoms with Gasteiger partial charge in [-0.15, -0.1) is 0 Å². The van der Waals surface area contributed by atoms with Crippen LogP contribution >= 0.6 is 0 Å². The molecule has 0 heterocycles. The Morgan fingerprint density at radius 1 is 1.15 bits per heavy atom. The Kier molecular flexibility index (Phi) is 6.33. The summed E-state index contributed by atoms with van der Waals surface area (Å²) in [6.07, 6.45) is -2.38. The molecule has 2 aromatic rings. The summed E-state index contributed by atoms with van der Waals surface area (Å²) in [5, 5.41) is 11.2. The minimum absolute atomic E-state index is 0.170. The first-order valence-corrected chi connectivity index (χ1v) is 7.60. The Hall–Kier alpha value is -3.60. The second-order valence-corrected chi connectivity index (χ2v) is 5.30. The molecule has 0 aliphatic rings. The van der Waals surface area contributed by atoms with E-state index in [1.165, 1.54) is 36.4 Å². The summed E-state index contributed by atoms with van der Waals surface area (Å²) < 4.78 is 42.6. The molecule has 5 nitrogen and oxygen atoms in total. The SMILES string of the molecule is N#Cc1ccc(NC(=O)COC(=O)/C=C/c2cccc(C(F)(F)F)c2)cc1. The van der Waals surface area contributed by atoms with E-state index in [0.717, 1.165) is 24.3 Å². The van der Waals surface area contributed by atoms with Crippen molar-refractivity contribution in [3.05, 3.63) is 71.3 Å². The van der Waals surface area contributed by atoms with Crippen molar-refractivity contribution in [1.29, 1.82) is 5.26 Å². The van der Waals surface area contributed by atoms with Crippen LogP contribution in [-0.4, -0.2) is 18.5 Å². The van der Waals surface area contributed by atoms with Gasteiger partial charge in [0.1, 0.15) is 0 Å². The van der Waals surface area contributed by atoms with Gasteiger partial charge in [-0.05, 0) is 48.0 Å². The molecule has 138 valence electrons. The van der Waals surface area contributed by atoms with Crippen molar-refractivity contribution in [3.8, 4) is 6.07 Å². The highest BCUT2D eigenvalue weighted by atomic mass is 19.4. The van der Waals surface area contributed by atoms with E-state index in [1.807, 2.05) is 6.07 Å². The zero-order chi connectivity index (χ0) is 19.9. The van der Waals surface area contributed by atoms with Crippen LogP contribution in [0.2, 0.25) is 0 Å². The fourth-order valence-electron chi connectivity index (χ4n) is 1.99. The lowest BCUT2D eigenvalue weighted by Gasteiger charge is -2.07. The number of amides is 1. The third-order valence-corrected chi connectivity index (χ3v) is 3.27. The van der Waals surface area contributed by atoms with Gasteiger partial charge in [-0.3, -0.25) is 4.79 Å². The zero-order valence-electron chi connectivity index (χ0n) is 13.8. The number of anilines is 1. The van der Waals surface area contributed by atoms with E-state index in [4.69, 9.17) is 10.00 Å². The van der Waals surface area contributed by atoms with Gasteiger partial charge in [0.15, 0.2) is 6.61 Å². The maximum Gasteiger partial charge on any atom is 0.416 e. The summed E-state index contributed by atoms with van der Waals surface area (Å²) in [5.74, 6) is -1.47. The molecule has 0 saturated carbocycles. The lowest BCUT2D eigenvalue weighted by atomic mass is 10.1. The molecule has 0 aliphatic heterocycles. The van der Waals surface area contributed by atoms with Crippen LogP contribution in [0, 0.1) is 11.3 Å². The Morgan fingerprint density at radius 2 is 1.85 bits per heavy atom. The standard InChI is InChI=1S/C19H13F3N2O3/c20-19(21,22)15-3-1-2-13(10-15)6-9-18(26)27-12-17(25)24-16-7-4-14(11-23)5-8-16/h1-10H,12H2,(H,24,25)/b9-6+. The van der Waals surface area contributed by atoms with Crippen molar-refractivity contribution in [2.24, 2.45) is 0 Å². The van der Waals surface area contributed by atoms with Gasteiger partial charge in [-0.1, -0.05) is 12.1 Å². The van der Waals surface area contributed by atoms with Crippen molar-refractivity contribution < 1.29 is 27.5 Å². The average Bonchev–Trinajstić information content (AvgIpc) is 2.65. The first kappa shape index (κ1) is 19.7. The smallest absolute Gasteiger partial charge is 0.416 e. The number of carbonyl (C=O) groups excluding carboxylic acids is 2. The van der Waals surface area contributed by atoms with Gasteiger partial charge in [0, 0.05) is 11.8 Å². The monoisotopic (exact) mass is 374 g/mol. The van der Waals surface area contributed by atoms with E-state index in [1.54, 1.807) is 0 Å². The first-order valence-electron chi connectivity index (χ1n) is 7.60. The Balaban J connectivity index is 1.85. The van der Waals surface area contributed by atoms with Gasteiger partial charge in [-0.2, -0.15) is 18.4 Å². The highest BCUT2D eigenvalue weighted by molar-refractivity contribution is 5.94. The predicted octanol–water partition coefficient (Wildman–Crippen LogP) is 3.77. The number of ether oxygens (including phenoxy) is 1. The number of hydrogen-bond acceptors (Lipinski definition) is 4. The van der Waals surface area contributed by atoms with E-state index in [-0.39, 0.29) is 5.56 Å². The van der Waals surface area contributed by atoms with E-state index >= 15 is 0 Å². The van der Waals surface area contributed by atoms with Crippen molar-refractivity contribution in [2.45, 2.75) is 6.18 Å². The number of hydrogen-bond donors (Lipinski definition) is 1. The summed E-state index contributed by atoms with van der Waals surface area (Å²) in [4.78, 5) is 23.3. The van der Waals surface area contributed by atoms with Crippen molar-refractivity contribution in [2.75, 3.05) is 11.9 Å². The van der Waals surface area contributed by atoms with Gasteiger partial charge in [-0.25, -0.2) is 4.79 Å². The Morgan fingerprint density at radius 3 is 2.48 bits per heavy atom. The summed E-state index contributed by atoms with van der Waals surface area (Å²) in [5.41, 5.74) is 0.192. The van der Waals surface area contributed by atoms with Crippen molar-refractivity contribution in [1.82, 2.24) is 0 Å². The van der Waals surface area contributed by atoms with Crippen LogP contribution in [0.25, 0.3) is 6.08 Å². The third kappa shape index (κ3) is 6.32. The molecule has 27 heavy (non-hydrogen) atoms. The minimum Gasteiger partial charge on any atom is -0.452 e. The molecule has 0 saturated heterocycles. The molecule has 8 heteroatoms. The summed E-state index contributed by atoms with van der Waals surface area (Å²) in [6, 6.07) is 12.4. The number of halogens is 3. The van der Waals surface area contributed by atoms with Gasteiger partial charge >= 0.3 is 12.1 Å². The number of esters is 1. The number of carbonyl (C=O) groups is 2. The topological polar surface area (TPSA) is 79.2 Å². The Bertz CT molecular complexity index is 898. The number of alkyl halides is 3. The number of nitrogens with zero attached hydrogens (tertiary/aromatic N) is 1. The fourth-order valence-corrected chi connectivity index (χ4v) is 1.99. The molecule has 2 aromatic carbocycles. The van der Waals surface area contributed by atoms with E-state index in [0.29, 0.717) is 11.3 Å². The highest BCUT2D eigenvalue weighted by Gasteiger charge is 2.30. The molecule has 2 rings (SSSR count). The van der Waals surface area contributed by atoms with Crippen LogP contribution in [0.4, 0.5) is 18.9 Å². The second-order valence-electron chi connectivity index (χ2n) is 5.30. The summed E-state index contributed by atoms with van der Waals surface area (Å²) >= 11 is 0. The van der Waals surface area contributed by atoms with Crippen LogP contribution in [0.5, 0.6) is 0 Å². The van der Waals surface area contributed by atoms with Crippen molar-refractivity contribution in [3.63, 3.8) is 0 Å². The van der Waals surface area contributed by atoms with E-state index < -0.39 is 30.2 Å². The maximum atomic E-state index is 12.6. The van der Waals surface area contributed by atoms with Crippen LogP contribution in [-0.2, 0) is 20.5 Å². The molecule has 1 N–H and O–H groups in total. The van der Waals surface area contributed by atoms with E-state index in [9.17, 15) is 22.8 Å². The summed E-state index contributed by atoms with van der Waals surface area (Å²) in [7, 11) is 0. The fraction of sp³-hybridized carbons (Fsp3) is 0.105. The molecule has 0 unspecified atom stereocenters. The lowest BCUT2D eigenvalue weighted by molar-refractivity contribution is -0.142. The molecule has 0 aliphatic carbocycles. The molecule has 0 bridgehead atoms. The lowest BCUT2D eigenvalue weighted by Crippen LogP contribution is -2.20. The number of nitriles is 1. The van der Waals surface area contributed by atoms with Crippen LogP contribution in [0.3, 0.4) is 0 Å². The molecular formula is C19H13F3N2O3. The number of rotatable bonds is 5. The first-order chi connectivity index (χ1) is 12.8. The zero-order valence-corrected chi connectivity index (χ0v) is 13.8.